The molecular weight excluding hydrogens is 260 g/mol. The van der Waals surface area contributed by atoms with Crippen LogP contribution in [0.4, 0.5) is 0 Å². The lowest BCUT2D eigenvalue weighted by atomic mass is 9.83. The number of hydrogen-bond donors (Lipinski definition) is 1. The second kappa shape index (κ2) is 6.61. The van der Waals surface area contributed by atoms with E-state index >= 15 is 0 Å². The summed E-state index contributed by atoms with van der Waals surface area (Å²) >= 11 is 0. The molecule has 2 atom stereocenters. The summed E-state index contributed by atoms with van der Waals surface area (Å²) in [6.45, 7) is 7.73. The standard InChI is InChI=1S/C18H28N2O/c1-4-12-20(13-15-9-7-14(2)8-10-15)17(21)18(3)11-5-6-16(18)19/h7-10,16H,4-6,11-13,19H2,1-3H3. The van der Waals surface area contributed by atoms with Gasteiger partial charge in [0.15, 0.2) is 0 Å². The Kier molecular flexibility index (Phi) is 5.04. The summed E-state index contributed by atoms with van der Waals surface area (Å²) in [5, 5.41) is 0. The average Bonchev–Trinajstić information content (AvgIpc) is 2.81. The van der Waals surface area contributed by atoms with Crippen LogP contribution < -0.4 is 5.73 Å². The molecule has 0 spiro atoms. The molecule has 1 aromatic carbocycles. The normalized spacial score (nSPS) is 25.0. The smallest absolute Gasteiger partial charge is 0.230 e. The number of benzene rings is 1. The first-order valence-electron chi connectivity index (χ1n) is 8.08. The second-order valence-electron chi connectivity index (χ2n) is 6.63. The van der Waals surface area contributed by atoms with Gasteiger partial charge < -0.3 is 10.6 Å². The van der Waals surface area contributed by atoms with Gasteiger partial charge in [-0.05, 0) is 38.7 Å². The number of nitrogens with two attached hydrogens (primary N) is 1. The van der Waals surface area contributed by atoms with Gasteiger partial charge in [0.25, 0.3) is 0 Å². The van der Waals surface area contributed by atoms with Crippen LogP contribution in [0.15, 0.2) is 24.3 Å². The van der Waals surface area contributed by atoms with E-state index in [1.165, 1.54) is 11.1 Å². The highest BCUT2D eigenvalue weighted by Gasteiger charge is 2.44. The van der Waals surface area contributed by atoms with Crippen molar-refractivity contribution in [3.8, 4) is 0 Å². The molecule has 1 aliphatic carbocycles. The highest BCUT2D eigenvalue weighted by molar-refractivity contribution is 5.83. The van der Waals surface area contributed by atoms with E-state index < -0.39 is 0 Å². The fourth-order valence-electron chi connectivity index (χ4n) is 3.26. The number of hydrogen-bond acceptors (Lipinski definition) is 2. The van der Waals surface area contributed by atoms with Gasteiger partial charge in [-0.25, -0.2) is 0 Å². The number of rotatable bonds is 5. The Bertz CT molecular complexity index is 482. The van der Waals surface area contributed by atoms with E-state index in [9.17, 15) is 4.79 Å². The molecule has 0 heterocycles. The lowest BCUT2D eigenvalue weighted by Gasteiger charge is -2.34. The van der Waals surface area contributed by atoms with Crippen LogP contribution in [0, 0.1) is 12.3 Å². The van der Waals surface area contributed by atoms with Gasteiger partial charge in [-0.1, -0.05) is 43.2 Å². The largest absolute Gasteiger partial charge is 0.338 e. The highest BCUT2D eigenvalue weighted by atomic mass is 16.2. The molecule has 1 saturated carbocycles. The van der Waals surface area contributed by atoms with Crippen molar-refractivity contribution in [3.05, 3.63) is 35.4 Å². The topological polar surface area (TPSA) is 46.3 Å². The maximum absolute atomic E-state index is 13.0. The minimum atomic E-state index is -0.375. The number of carbonyl (C=O) groups excluding carboxylic acids is 1. The summed E-state index contributed by atoms with van der Waals surface area (Å²) in [4.78, 5) is 15.0. The number of aryl methyl sites for hydroxylation is 1. The van der Waals surface area contributed by atoms with Gasteiger partial charge in [0.2, 0.25) is 5.91 Å². The molecule has 2 rings (SSSR count). The number of amides is 1. The van der Waals surface area contributed by atoms with Crippen LogP contribution in [-0.2, 0) is 11.3 Å². The van der Waals surface area contributed by atoms with Crippen LogP contribution in [0.25, 0.3) is 0 Å². The van der Waals surface area contributed by atoms with E-state index in [0.29, 0.717) is 6.54 Å². The first kappa shape index (κ1) is 16.0. The van der Waals surface area contributed by atoms with Crippen LogP contribution in [0.3, 0.4) is 0 Å². The van der Waals surface area contributed by atoms with Crippen molar-refractivity contribution in [1.29, 1.82) is 0 Å². The molecule has 0 radical (unpaired) electrons. The number of carbonyl (C=O) groups is 1. The Morgan fingerprint density at radius 1 is 1.38 bits per heavy atom. The minimum absolute atomic E-state index is 0.00220. The SMILES string of the molecule is CCCN(Cc1ccc(C)cc1)C(=O)C1(C)CCCC1N. The van der Waals surface area contributed by atoms with E-state index in [1.807, 2.05) is 11.8 Å². The zero-order valence-electron chi connectivity index (χ0n) is 13.6. The molecular formula is C18H28N2O. The van der Waals surface area contributed by atoms with E-state index in [1.54, 1.807) is 0 Å². The van der Waals surface area contributed by atoms with Crippen molar-refractivity contribution < 1.29 is 4.79 Å². The maximum atomic E-state index is 13.0. The van der Waals surface area contributed by atoms with Crippen molar-refractivity contribution in [1.82, 2.24) is 4.90 Å². The molecule has 3 heteroatoms. The molecule has 1 amide bonds. The molecule has 3 nitrogen and oxygen atoms in total. The monoisotopic (exact) mass is 288 g/mol. The molecule has 0 aromatic heterocycles. The van der Waals surface area contributed by atoms with Crippen molar-refractivity contribution in [2.45, 2.75) is 59.0 Å². The molecule has 2 N–H and O–H groups in total. The predicted molar refractivity (Wildman–Crippen MR) is 86.8 cm³/mol. The number of nitrogens with zero attached hydrogens (tertiary/aromatic N) is 1. The summed E-state index contributed by atoms with van der Waals surface area (Å²) in [7, 11) is 0. The summed E-state index contributed by atoms with van der Waals surface area (Å²) in [5.41, 5.74) is 8.28. The third kappa shape index (κ3) is 3.46. The van der Waals surface area contributed by atoms with Gasteiger partial charge in [-0.15, -0.1) is 0 Å². The Labute approximate surface area is 128 Å². The van der Waals surface area contributed by atoms with E-state index in [2.05, 4.69) is 38.1 Å². The van der Waals surface area contributed by atoms with Gasteiger partial charge in [0.1, 0.15) is 0 Å². The lowest BCUT2D eigenvalue weighted by molar-refractivity contribution is -0.142. The first-order valence-corrected chi connectivity index (χ1v) is 8.08. The fraction of sp³-hybridized carbons (Fsp3) is 0.611. The second-order valence-corrected chi connectivity index (χ2v) is 6.63. The highest BCUT2D eigenvalue weighted by Crippen LogP contribution is 2.38. The van der Waals surface area contributed by atoms with Gasteiger partial charge in [0, 0.05) is 19.1 Å². The van der Waals surface area contributed by atoms with Crippen LogP contribution in [-0.4, -0.2) is 23.4 Å². The molecule has 1 aromatic rings. The third-order valence-electron chi connectivity index (χ3n) is 4.79. The molecule has 116 valence electrons. The molecule has 2 unspecified atom stereocenters. The van der Waals surface area contributed by atoms with E-state index in [-0.39, 0.29) is 17.4 Å². The quantitative estimate of drug-likeness (QED) is 0.904. The Hall–Kier alpha value is -1.35. The van der Waals surface area contributed by atoms with Crippen molar-refractivity contribution >= 4 is 5.91 Å². The van der Waals surface area contributed by atoms with Gasteiger partial charge in [0.05, 0.1) is 5.41 Å². The van der Waals surface area contributed by atoms with Crippen LogP contribution in [0.2, 0.25) is 0 Å². The molecule has 0 aliphatic heterocycles. The summed E-state index contributed by atoms with van der Waals surface area (Å²) in [5.74, 6) is 0.231. The summed E-state index contributed by atoms with van der Waals surface area (Å²) in [6, 6.07) is 8.44. The van der Waals surface area contributed by atoms with E-state index in [4.69, 9.17) is 5.73 Å². The Morgan fingerprint density at radius 3 is 2.57 bits per heavy atom. The third-order valence-corrected chi connectivity index (χ3v) is 4.79. The van der Waals surface area contributed by atoms with Crippen molar-refractivity contribution in [3.63, 3.8) is 0 Å². The van der Waals surface area contributed by atoms with Crippen LogP contribution in [0.1, 0.15) is 50.7 Å². The van der Waals surface area contributed by atoms with Gasteiger partial charge >= 0.3 is 0 Å². The zero-order valence-corrected chi connectivity index (χ0v) is 13.6. The molecule has 0 bridgehead atoms. The predicted octanol–water partition coefficient (Wildman–Crippen LogP) is 3.25. The van der Waals surface area contributed by atoms with Gasteiger partial charge in [-0.2, -0.15) is 0 Å². The molecule has 21 heavy (non-hydrogen) atoms. The Morgan fingerprint density at radius 2 is 2.05 bits per heavy atom. The fourth-order valence-corrected chi connectivity index (χ4v) is 3.26. The van der Waals surface area contributed by atoms with Crippen molar-refractivity contribution in [2.75, 3.05) is 6.54 Å². The molecule has 1 fully saturated rings. The maximum Gasteiger partial charge on any atom is 0.230 e. The molecule has 1 aliphatic rings. The van der Waals surface area contributed by atoms with Crippen LogP contribution in [0.5, 0.6) is 0 Å². The van der Waals surface area contributed by atoms with Gasteiger partial charge in [-0.3, -0.25) is 4.79 Å². The summed E-state index contributed by atoms with van der Waals surface area (Å²) < 4.78 is 0. The van der Waals surface area contributed by atoms with E-state index in [0.717, 1.165) is 32.2 Å². The molecule has 0 saturated heterocycles. The lowest BCUT2D eigenvalue weighted by Crippen LogP contribution is -2.49. The minimum Gasteiger partial charge on any atom is -0.338 e. The van der Waals surface area contributed by atoms with Crippen molar-refractivity contribution in [2.24, 2.45) is 11.1 Å². The Balaban J connectivity index is 2.14. The average molecular weight is 288 g/mol. The summed E-state index contributed by atoms with van der Waals surface area (Å²) in [6.07, 6.45) is 3.92. The zero-order chi connectivity index (χ0) is 15.5. The first-order chi connectivity index (χ1) is 9.97. The van der Waals surface area contributed by atoms with Crippen LogP contribution >= 0.6 is 0 Å².